The second-order valence-corrected chi connectivity index (χ2v) is 2.63. The molecule has 2 atom stereocenters. The number of amides is 1. The Labute approximate surface area is 64.7 Å². The maximum atomic E-state index is 10.4. The molecule has 3 N–H and O–H groups in total. The van der Waals surface area contributed by atoms with E-state index in [-0.39, 0.29) is 12.1 Å². The molecule has 0 radical (unpaired) electrons. The predicted octanol–water partition coefficient (Wildman–Crippen LogP) is -0.678. The fraction of sp³-hybridized carbons (Fsp3) is 0.833. The van der Waals surface area contributed by atoms with E-state index in [0.29, 0.717) is 13.1 Å². The van der Waals surface area contributed by atoms with Crippen molar-refractivity contribution in [1.82, 2.24) is 4.90 Å². The molecule has 1 fully saturated rings. The number of ether oxygens (including phenoxy) is 1. The molecule has 1 heterocycles. The van der Waals surface area contributed by atoms with Gasteiger partial charge in [0.1, 0.15) is 0 Å². The van der Waals surface area contributed by atoms with E-state index >= 15 is 0 Å². The first-order valence-electron chi connectivity index (χ1n) is 3.41. The number of likely N-dealkylation sites (tertiary alicyclic amines) is 1. The highest BCUT2D eigenvalue weighted by Gasteiger charge is 2.32. The summed E-state index contributed by atoms with van der Waals surface area (Å²) in [6, 6.07) is -0.184. The zero-order valence-electron chi connectivity index (χ0n) is 6.36. The van der Waals surface area contributed by atoms with Crippen LogP contribution < -0.4 is 5.73 Å². The van der Waals surface area contributed by atoms with Gasteiger partial charge in [-0.2, -0.15) is 0 Å². The van der Waals surface area contributed by atoms with Crippen LogP contribution in [-0.2, 0) is 4.74 Å². The van der Waals surface area contributed by atoms with Crippen LogP contribution in [0.15, 0.2) is 0 Å². The van der Waals surface area contributed by atoms with Gasteiger partial charge in [0.05, 0.1) is 18.7 Å². The van der Waals surface area contributed by atoms with Crippen LogP contribution in [0.5, 0.6) is 0 Å². The van der Waals surface area contributed by atoms with Crippen molar-refractivity contribution in [3.63, 3.8) is 0 Å². The minimum atomic E-state index is -0.931. The SMILES string of the molecule is CO[C@H]1CN(C(=O)O)C[C@@H]1N. The van der Waals surface area contributed by atoms with Gasteiger partial charge in [-0.15, -0.1) is 0 Å². The lowest BCUT2D eigenvalue weighted by Gasteiger charge is -2.10. The molecule has 0 aromatic rings. The molecule has 1 rings (SSSR count). The summed E-state index contributed by atoms with van der Waals surface area (Å²) in [5.41, 5.74) is 5.59. The third kappa shape index (κ3) is 1.61. The maximum Gasteiger partial charge on any atom is 0.407 e. The largest absolute Gasteiger partial charge is 0.465 e. The third-order valence-electron chi connectivity index (χ3n) is 1.88. The van der Waals surface area contributed by atoms with Crippen LogP contribution in [-0.4, -0.2) is 48.4 Å². The van der Waals surface area contributed by atoms with Gasteiger partial charge in [-0.3, -0.25) is 0 Å². The molecule has 5 heteroatoms. The van der Waals surface area contributed by atoms with Gasteiger partial charge in [0.25, 0.3) is 0 Å². The van der Waals surface area contributed by atoms with Gasteiger partial charge in [0.2, 0.25) is 0 Å². The summed E-state index contributed by atoms with van der Waals surface area (Å²) in [5, 5.41) is 8.56. The molecule has 0 bridgehead atoms. The lowest BCUT2D eigenvalue weighted by molar-refractivity contribution is 0.0954. The molecule has 5 nitrogen and oxygen atoms in total. The van der Waals surface area contributed by atoms with Gasteiger partial charge < -0.3 is 20.5 Å². The summed E-state index contributed by atoms with van der Waals surface area (Å²) < 4.78 is 4.97. The van der Waals surface area contributed by atoms with Crippen molar-refractivity contribution < 1.29 is 14.6 Å². The van der Waals surface area contributed by atoms with Crippen molar-refractivity contribution in [2.75, 3.05) is 20.2 Å². The van der Waals surface area contributed by atoms with E-state index in [2.05, 4.69) is 0 Å². The van der Waals surface area contributed by atoms with Crippen LogP contribution in [0.2, 0.25) is 0 Å². The van der Waals surface area contributed by atoms with Gasteiger partial charge in [-0.05, 0) is 0 Å². The highest BCUT2D eigenvalue weighted by atomic mass is 16.5. The molecule has 0 aromatic carbocycles. The average molecular weight is 160 g/mol. The first-order chi connectivity index (χ1) is 5.15. The minimum Gasteiger partial charge on any atom is -0.465 e. The molecule has 11 heavy (non-hydrogen) atoms. The van der Waals surface area contributed by atoms with Crippen molar-refractivity contribution >= 4 is 6.09 Å². The summed E-state index contributed by atoms with van der Waals surface area (Å²) in [6.45, 7) is 0.751. The van der Waals surface area contributed by atoms with Crippen molar-refractivity contribution in [3.8, 4) is 0 Å². The summed E-state index contributed by atoms with van der Waals surface area (Å²) in [6.07, 6.45) is -1.08. The Morgan fingerprint density at radius 3 is 2.64 bits per heavy atom. The van der Waals surface area contributed by atoms with E-state index in [1.807, 2.05) is 0 Å². The Balaban J connectivity index is 2.49. The molecule has 0 saturated carbocycles. The molecule has 1 aliphatic heterocycles. The number of methoxy groups -OCH3 is 1. The number of hydrogen-bond acceptors (Lipinski definition) is 3. The van der Waals surface area contributed by atoms with E-state index in [0.717, 1.165) is 0 Å². The molecule has 0 spiro atoms. The number of rotatable bonds is 1. The summed E-state index contributed by atoms with van der Waals surface area (Å²) in [4.78, 5) is 11.7. The molecule has 64 valence electrons. The van der Waals surface area contributed by atoms with Crippen LogP contribution in [0.1, 0.15) is 0 Å². The van der Waals surface area contributed by atoms with Crippen molar-refractivity contribution in [3.05, 3.63) is 0 Å². The smallest absolute Gasteiger partial charge is 0.407 e. The standard InChI is InChI=1S/C6H12N2O3/c1-11-5-3-8(6(9)10)2-4(5)7/h4-5H,2-3,7H2,1H3,(H,9,10)/t4-,5-/m0/s1. The minimum absolute atomic E-state index is 0.147. The molecule has 0 aliphatic carbocycles. The van der Waals surface area contributed by atoms with E-state index in [9.17, 15) is 4.79 Å². The quantitative estimate of drug-likeness (QED) is 0.533. The molecule has 1 amide bonds. The Hall–Kier alpha value is -0.810. The fourth-order valence-corrected chi connectivity index (χ4v) is 1.20. The molecular weight excluding hydrogens is 148 g/mol. The van der Waals surface area contributed by atoms with Crippen molar-refractivity contribution in [2.24, 2.45) is 5.73 Å². The summed E-state index contributed by atoms with van der Waals surface area (Å²) >= 11 is 0. The Kier molecular flexibility index (Phi) is 2.31. The normalized spacial score (nSPS) is 30.9. The molecule has 0 aromatic heterocycles. The summed E-state index contributed by atoms with van der Waals surface area (Å²) in [5.74, 6) is 0. The zero-order chi connectivity index (χ0) is 8.43. The van der Waals surface area contributed by atoms with E-state index in [4.69, 9.17) is 15.6 Å². The second kappa shape index (κ2) is 3.06. The number of nitrogens with two attached hydrogens (primary N) is 1. The number of hydrogen-bond donors (Lipinski definition) is 2. The Morgan fingerprint density at radius 2 is 2.36 bits per heavy atom. The summed E-state index contributed by atoms with van der Waals surface area (Å²) in [7, 11) is 1.54. The average Bonchev–Trinajstić information content (AvgIpc) is 2.31. The zero-order valence-corrected chi connectivity index (χ0v) is 6.36. The van der Waals surface area contributed by atoms with Crippen LogP contribution in [0, 0.1) is 0 Å². The highest BCUT2D eigenvalue weighted by Crippen LogP contribution is 2.10. The van der Waals surface area contributed by atoms with Crippen molar-refractivity contribution in [2.45, 2.75) is 12.1 Å². The van der Waals surface area contributed by atoms with Crippen molar-refractivity contribution in [1.29, 1.82) is 0 Å². The van der Waals surface area contributed by atoms with E-state index in [1.165, 1.54) is 12.0 Å². The predicted molar refractivity (Wildman–Crippen MR) is 38.4 cm³/mol. The van der Waals surface area contributed by atoms with E-state index < -0.39 is 6.09 Å². The third-order valence-corrected chi connectivity index (χ3v) is 1.88. The molecule has 1 saturated heterocycles. The topological polar surface area (TPSA) is 75.8 Å². The van der Waals surface area contributed by atoms with Gasteiger partial charge in [0, 0.05) is 13.7 Å². The van der Waals surface area contributed by atoms with Crippen LogP contribution >= 0.6 is 0 Å². The van der Waals surface area contributed by atoms with E-state index in [1.54, 1.807) is 0 Å². The van der Waals surface area contributed by atoms with Gasteiger partial charge in [-0.25, -0.2) is 4.79 Å². The first-order valence-corrected chi connectivity index (χ1v) is 3.41. The van der Waals surface area contributed by atoms with Gasteiger partial charge >= 0.3 is 6.09 Å². The van der Waals surface area contributed by atoms with Crippen LogP contribution in [0.4, 0.5) is 4.79 Å². The lowest BCUT2D eigenvalue weighted by atomic mass is 10.2. The maximum absolute atomic E-state index is 10.4. The lowest BCUT2D eigenvalue weighted by Crippen LogP contribution is -2.34. The fourth-order valence-electron chi connectivity index (χ4n) is 1.20. The highest BCUT2D eigenvalue weighted by molar-refractivity contribution is 5.65. The Morgan fingerprint density at radius 1 is 1.73 bits per heavy atom. The monoisotopic (exact) mass is 160 g/mol. The van der Waals surface area contributed by atoms with Gasteiger partial charge in [0.15, 0.2) is 0 Å². The second-order valence-electron chi connectivity index (χ2n) is 2.63. The number of nitrogens with zero attached hydrogens (tertiary/aromatic N) is 1. The number of carbonyl (C=O) groups is 1. The first kappa shape index (κ1) is 8.29. The molecule has 0 unspecified atom stereocenters. The molecular formula is C6H12N2O3. The van der Waals surface area contributed by atoms with Crippen LogP contribution in [0.3, 0.4) is 0 Å². The van der Waals surface area contributed by atoms with Crippen LogP contribution in [0.25, 0.3) is 0 Å². The number of carboxylic acid groups (broad SMARTS) is 1. The molecule has 1 aliphatic rings. The van der Waals surface area contributed by atoms with Gasteiger partial charge in [-0.1, -0.05) is 0 Å². The Bertz CT molecular complexity index is 162.